The molecule has 3 aliphatic heterocycles. The van der Waals surface area contributed by atoms with Gasteiger partial charge in [-0.15, -0.1) is 0 Å². The third-order valence-corrected chi connectivity index (χ3v) is 6.68. The van der Waals surface area contributed by atoms with E-state index in [9.17, 15) is 8.42 Å². The van der Waals surface area contributed by atoms with Gasteiger partial charge in [-0.25, -0.2) is 8.42 Å². The van der Waals surface area contributed by atoms with Crippen LogP contribution in [0.25, 0.3) is 0 Å². The van der Waals surface area contributed by atoms with Crippen LogP contribution in [0.2, 0.25) is 0 Å². The van der Waals surface area contributed by atoms with Crippen molar-refractivity contribution in [2.45, 2.75) is 50.2 Å². The first-order valence-corrected chi connectivity index (χ1v) is 8.59. The first-order valence-electron chi connectivity index (χ1n) is 6.77. The zero-order valence-electron chi connectivity index (χ0n) is 10.1. The molecular formula is C12H22N2O2S. The molecule has 5 atom stereocenters. The largest absolute Gasteiger partial charge is 0.327 e. The minimum Gasteiger partial charge on any atom is -0.327 e. The highest BCUT2D eigenvalue weighted by Gasteiger charge is 2.45. The maximum Gasteiger partial charge on any atom is 0.150 e. The van der Waals surface area contributed by atoms with Gasteiger partial charge in [0, 0.05) is 18.1 Å². The van der Waals surface area contributed by atoms with Crippen LogP contribution in [0.15, 0.2) is 0 Å². The van der Waals surface area contributed by atoms with Gasteiger partial charge in [0.15, 0.2) is 9.84 Å². The van der Waals surface area contributed by atoms with Gasteiger partial charge in [-0.2, -0.15) is 0 Å². The number of piperidine rings is 1. The van der Waals surface area contributed by atoms with Crippen molar-refractivity contribution >= 4 is 9.84 Å². The first-order chi connectivity index (χ1) is 8.05. The van der Waals surface area contributed by atoms with Crippen LogP contribution < -0.4 is 11.1 Å². The summed E-state index contributed by atoms with van der Waals surface area (Å²) in [6.07, 6.45) is 5.29. The highest BCUT2D eigenvalue weighted by atomic mass is 32.2. The second-order valence-corrected chi connectivity index (χ2v) is 8.27. The summed E-state index contributed by atoms with van der Waals surface area (Å²) in [6.45, 7) is 0. The number of sulfone groups is 1. The van der Waals surface area contributed by atoms with E-state index in [0.717, 1.165) is 19.3 Å². The van der Waals surface area contributed by atoms with Crippen molar-refractivity contribution in [3.05, 3.63) is 0 Å². The molecule has 0 saturated carbocycles. The van der Waals surface area contributed by atoms with E-state index >= 15 is 0 Å². The van der Waals surface area contributed by atoms with Gasteiger partial charge in [0.2, 0.25) is 0 Å². The predicted octanol–water partition coefficient (Wildman–Crippen LogP) is 0.279. The monoisotopic (exact) mass is 258 g/mol. The Labute approximate surface area is 103 Å². The molecule has 17 heavy (non-hydrogen) atoms. The average molecular weight is 258 g/mol. The van der Waals surface area contributed by atoms with Crippen molar-refractivity contribution in [1.82, 2.24) is 5.32 Å². The average Bonchev–Trinajstić information content (AvgIpc) is 2.59. The molecule has 98 valence electrons. The topological polar surface area (TPSA) is 72.2 Å². The fourth-order valence-corrected chi connectivity index (χ4v) is 5.98. The van der Waals surface area contributed by atoms with Crippen molar-refractivity contribution < 1.29 is 8.42 Å². The molecule has 3 fully saturated rings. The molecule has 4 nitrogen and oxygen atoms in total. The Morgan fingerprint density at radius 3 is 2.76 bits per heavy atom. The SMILES string of the molecule is NC1CC2CCC(N2)C1C1CCCS(=O)(=O)C1. The Hall–Kier alpha value is -0.130. The van der Waals surface area contributed by atoms with Crippen molar-refractivity contribution in [1.29, 1.82) is 0 Å². The Morgan fingerprint density at radius 2 is 2.00 bits per heavy atom. The molecule has 5 heteroatoms. The summed E-state index contributed by atoms with van der Waals surface area (Å²) in [7, 11) is -2.81. The Kier molecular flexibility index (Phi) is 2.96. The summed E-state index contributed by atoms with van der Waals surface area (Å²) in [5, 5.41) is 3.62. The quantitative estimate of drug-likeness (QED) is 0.708. The minimum absolute atomic E-state index is 0.201. The Morgan fingerprint density at radius 1 is 1.18 bits per heavy atom. The lowest BCUT2D eigenvalue weighted by molar-refractivity contribution is 0.176. The number of rotatable bonds is 1. The Bertz CT molecular complexity index is 395. The predicted molar refractivity (Wildman–Crippen MR) is 67.4 cm³/mol. The van der Waals surface area contributed by atoms with E-state index in [2.05, 4.69) is 5.32 Å². The van der Waals surface area contributed by atoms with Gasteiger partial charge in [-0.05, 0) is 43.9 Å². The van der Waals surface area contributed by atoms with Gasteiger partial charge in [-0.3, -0.25) is 0 Å². The molecule has 3 rings (SSSR count). The molecule has 5 unspecified atom stereocenters. The van der Waals surface area contributed by atoms with Crippen LogP contribution in [0.1, 0.15) is 32.1 Å². The lowest BCUT2D eigenvalue weighted by Crippen LogP contribution is -2.55. The third kappa shape index (κ3) is 2.25. The van der Waals surface area contributed by atoms with E-state index in [-0.39, 0.29) is 6.04 Å². The van der Waals surface area contributed by atoms with Gasteiger partial charge in [0.05, 0.1) is 11.5 Å². The maximum absolute atomic E-state index is 11.8. The normalized spacial score (nSPS) is 49.1. The van der Waals surface area contributed by atoms with Crippen LogP contribution in [0.4, 0.5) is 0 Å². The minimum atomic E-state index is -2.81. The molecule has 0 radical (unpaired) electrons. The summed E-state index contributed by atoms with van der Waals surface area (Å²) in [5.41, 5.74) is 6.28. The lowest BCUT2D eigenvalue weighted by Gasteiger charge is -2.41. The van der Waals surface area contributed by atoms with E-state index < -0.39 is 9.84 Å². The first kappa shape index (κ1) is 11.9. The number of hydrogen-bond donors (Lipinski definition) is 2. The fraction of sp³-hybridized carbons (Fsp3) is 1.00. The van der Waals surface area contributed by atoms with Crippen LogP contribution in [0.5, 0.6) is 0 Å². The highest BCUT2D eigenvalue weighted by Crippen LogP contribution is 2.38. The number of nitrogens with two attached hydrogens (primary N) is 1. The number of fused-ring (bicyclic) bond motifs is 2. The zero-order chi connectivity index (χ0) is 12.0. The van der Waals surface area contributed by atoms with E-state index in [1.54, 1.807) is 0 Å². The van der Waals surface area contributed by atoms with Crippen molar-refractivity contribution in [3.8, 4) is 0 Å². The molecule has 0 amide bonds. The Balaban J connectivity index is 1.78. The molecule has 3 aliphatic rings. The maximum atomic E-state index is 11.8. The van der Waals surface area contributed by atoms with Crippen molar-refractivity contribution in [2.75, 3.05) is 11.5 Å². The molecular weight excluding hydrogens is 236 g/mol. The molecule has 0 aromatic carbocycles. The summed E-state index contributed by atoms with van der Waals surface area (Å²) in [4.78, 5) is 0. The van der Waals surface area contributed by atoms with Crippen molar-refractivity contribution in [2.24, 2.45) is 17.6 Å². The van der Waals surface area contributed by atoms with E-state index in [1.807, 2.05) is 0 Å². The summed E-state index contributed by atoms with van der Waals surface area (Å²) >= 11 is 0. The van der Waals surface area contributed by atoms with Crippen LogP contribution in [0, 0.1) is 11.8 Å². The van der Waals surface area contributed by atoms with Crippen LogP contribution in [-0.2, 0) is 9.84 Å². The highest BCUT2D eigenvalue weighted by molar-refractivity contribution is 7.91. The smallest absolute Gasteiger partial charge is 0.150 e. The third-order valence-electron chi connectivity index (χ3n) is 4.83. The van der Waals surface area contributed by atoms with Crippen molar-refractivity contribution in [3.63, 3.8) is 0 Å². The van der Waals surface area contributed by atoms with Crippen LogP contribution in [-0.4, -0.2) is 38.0 Å². The zero-order valence-corrected chi connectivity index (χ0v) is 11.0. The van der Waals surface area contributed by atoms with Crippen LogP contribution in [0.3, 0.4) is 0 Å². The van der Waals surface area contributed by atoms with E-state index in [4.69, 9.17) is 5.73 Å². The summed E-state index contributed by atoms with van der Waals surface area (Å²) in [5.74, 6) is 1.42. The fourth-order valence-electron chi connectivity index (χ4n) is 4.16. The molecule has 2 bridgehead atoms. The summed E-state index contributed by atoms with van der Waals surface area (Å²) < 4.78 is 23.5. The number of hydrogen-bond acceptors (Lipinski definition) is 4. The molecule has 3 saturated heterocycles. The van der Waals surface area contributed by atoms with Gasteiger partial charge >= 0.3 is 0 Å². The van der Waals surface area contributed by atoms with Gasteiger partial charge in [0.25, 0.3) is 0 Å². The number of nitrogens with one attached hydrogen (secondary N) is 1. The molecule has 0 spiro atoms. The standard InChI is InChI=1S/C12H22N2O2S/c13-10-6-9-3-4-11(14-9)12(10)8-2-1-5-17(15,16)7-8/h8-12,14H,1-7,13H2. The van der Waals surface area contributed by atoms with Gasteiger partial charge in [0.1, 0.15) is 0 Å². The molecule has 0 aromatic heterocycles. The molecule has 0 aliphatic carbocycles. The molecule has 3 heterocycles. The lowest BCUT2D eigenvalue weighted by atomic mass is 9.76. The second kappa shape index (κ2) is 4.21. The molecule has 3 N–H and O–H groups in total. The second-order valence-electron chi connectivity index (χ2n) is 6.04. The van der Waals surface area contributed by atoms with E-state index in [0.29, 0.717) is 35.4 Å². The van der Waals surface area contributed by atoms with Gasteiger partial charge < -0.3 is 11.1 Å². The summed E-state index contributed by atoms with van der Waals surface area (Å²) in [6, 6.07) is 1.26. The van der Waals surface area contributed by atoms with E-state index in [1.165, 1.54) is 12.8 Å². The van der Waals surface area contributed by atoms with Gasteiger partial charge in [-0.1, -0.05) is 0 Å². The molecule has 0 aromatic rings. The van der Waals surface area contributed by atoms with Crippen LogP contribution >= 0.6 is 0 Å².